The molecule has 1 heterocycles. The van der Waals surface area contributed by atoms with Gasteiger partial charge in [0.05, 0.1) is 12.2 Å². The second-order valence-corrected chi connectivity index (χ2v) is 3.20. The Morgan fingerprint density at radius 3 is 3.15 bits per heavy atom. The van der Waals surface area contributed by atoms with Crippen molar-refractivity contribution in [3.63, 3.8) is 0 Å². The van der Waals surface area contributed by atoms with E-state index in [4.69, 9.17) is 4.74 Å². The zero-order valence-corrected chi connectivity index (χ0v) is 7.79. The largest absolute Gasteiger partial charge is 0.490 e. The summed E-state index contributed by atoms with van der Waals surface area (Å²) in [4.78, 5) is 2.20. The molecule has 2 heteroatoms. The highest BCUT2D eigenvalue weighted by Crippen LogP contribution is 2.31. The molecule has 0 amide bonds. The van der Waals surface area contributed by atoms with E-state index in [0.29, 0.717) is 0 Å². The van der Waals surface area contributed by atoms with Gasteiger partial charge in [-0.25, -0.2) is 0 Å². The van der Waals surface area contributed by atoms with Crippen LogP contribution in [0.15, 0.2) is 24.8 Å². The first-order valence-corrected chi connectivity index (χ1v) is 4.41. The van der Waals surface area contributed by atoms with Gasteiger partial charge in [0, 0.05) is 7.05 Å². The Morgan fingerprint density at radius 1 is 1.54 bits per heavy atom. The summed E-state index contributed by atoms with van der Waals surface area (Å²) in [7, 11) is 2.08. The van der Waals surface area contributed by atoms with Gasteiger partial charge in [-0.15, -0.1) is 0 Å². The first-order chi connectivity index (χ1) is 6.31. The van der Waals surface area contributed by atoms with Gasteiger partial charge >= 0.3 is 0 Å². The van der Waals surface area contributed by atoms with Crippen LogP contribution >= 0.6 is 0 Å². The topological polar surface area (TPSA) is 12.5 Å². The molecule has 13 heavy (non-hydrogen) atoms. The number of rotatable bonds is 1. The van der Waals surface area contributed by atoms with E-state index < -0.39 is 0 Å². The lowest BCUT2D eigenvalue weighted by Gasteiger charge is -2.27. The molecule has 0 unspecified atom stereocenters. The van der Waals surface area contributed by atoms with Crippen LogP contribution in [-0.2, 0) is 0 Å². The molecule has 1 aromatic carbocycles. The van der Waals surface area contributed by atoms with Crippen molar-refractivity contribution in [2.45, 2.75) is 0 Å². The summed E-state index contributed by atoms with van der Waals surface area (Å²) in [5.41, 5.74) is 2.29. The fraction of sp³-hybridized carbons (Fsp3) is 0.273. The Morgan fingerprint density at radius 2 is 2.38 bits per heavy atom. The average molecular weight is 175 g/mol. The second-order valence-electron chi connectivity index (χ2n) is 3.20. The van der Waals surface area contributed by atoms with E-state index in [-0.39, 0.29) is 0 Å². The lowest BCUT2D eigenvalue weighted by Crippen LogP contribution is -2.28. The molecule has 68 valence electrons. The summed E-state index contributed by atoms with van der Waals surface area (Å²) < 4.78 is 5.52. The summed E-state index contributed by atoms with van der Waals surface area (Å²) >= 11 is 0. The van der Waals surface area contributed by atoms with E-state index in [1.54, 1.807) is 0 Å². The molecular formula is C11H13NO. The van der Waals surface area contributed by atoms with Crippen molar-refractivity contribution in [2.24, 2.45) is 0 Å². The van der Waals surface area contributed by atoms with E-state index in [1.807, 2.05) is 18.2 Å². The molecule has 0 aromatic heterocycles. The molecule has 1 aliphatic rings. The van der Waals surface area contributed by atoms with E-state index in [2.05, 4.69) is 24.6 Å². The lowest BCUT2D eigenvalue weighted by molar-refractivity contribution is 0.311. The molecule has 0 bridgehead atoms. The monoisotopic (exact) mass is 175 g/mol. The van der Waals surface area contributed by atoms with E-state index in [9.17, 15) is 0 Å². The molecular weight excluding hydrogens is 162 g/mol. The highest BCUT2D eigenvalue weighted by atomic mass is 16.5. The van der Waals surface area contributed by atoms with Crippen molar-refractivity contribution in [3.05, 3.63) is 30.3 Å². The number of nitrogens with zero attached hydrogens (tertiary/aromatic N) is 1. The van der Waals surface area contributed by atoms with Crippen LogP contribution in [-0.4, -0.2) is 20.2 Å². The third kappa shape index (κ3) is 1.39. The molecule has 0 spiro atoms. The van der Waals surface area contributed by atoms with Gasteiger partial charge in [0.1, 0.15) is 12.4 Å². The fourth-order valence-electron chi connectivity index (χ4n) is 1.49. The number of hydrogen-bond donors (Lipinski definition) is 0. The first kappa shape index (κ1) is 8.17. The molecule has 2 nitrogen and oxygen atoms in total. The van der Waals surface area contributed by atoms with Crippen LogP contribution in [0.3, 0.4) is 0 Å². The molecule has 1 aliphatic heterocycles. The number of benzene rings is 1. The van der Waals surface area contributed by atoms with E-state index in [0.717, 1.165) is 30.2 Å². The number of anilines is 1. The molecule has 0 saturated carbocycles. The molecule has 0 saturated heterocycles. The Hall–Kier alpha value is -1.44. The van der Waals surface area contributed by atoms with Crippen molar-refractivity contribution in [1.29, 1.82) is 0 Å². The third-order valence-electron chi connectivity index (χ3n) is 2.31. The Kier molecular flexibility index (Phi) is 1.97. The first-order valence-electron chi connectivity index (χ1n) is 4.41. The van der Waals surface area contributed by atoms with E-state index in [1.165, 1.54) is 0 Å². The quantitative estimate of drug-likeness (QED) is 0.648. The zero-order valence-electron chi connectivity index (χ0n) is 7.79. The normalized spacial score (nSPS) is 14.7. The summed E-state index contributed by atoms with van der Waals surface area (Å²) in [6.07, 6.45) is 1.85. The van der Waals surface area contributed by atoms with Crippen molar-refractivity contribution < 1.29 is 4.74 Å². The van der Waals surface area contributed by atoms with Crippen molar-refractivity contribution in [2.75, 3.05) is 25.1 Å². The number of ether oxygens (including phenoxy) is 1. The minimum absolute atomic E-state index is 0.775. The smallest absolute Gasteiger partial charge is 0.142 e. The molecule has 0 fully saturated rings. The summed E-state index contributed by atoms with van der Waals surface area (Å²) in [6, 6.07) is 6.12. The van der Waals surface area contributed by atoms with Crippen LogP contribution in [0.5, 0.6) is 5.75 Å². The summed E-state index contributed by atoms with van der Waals surface area (Å²) in [6.45, 7) is 5.47. The summed E-state index contributed by atoms with van der Waals surface area (Å²) in [5, 5.41) is 0. The van der Waals surface area contributed by atoms with Crippen molar-refractivity contribution in [3.8, 4) is 5.75 Å². The lowest BCUT2D eigenvalue weighted by atomic mass is 10.1. The van der Waals surface area contributed by atoms with Gasteiger partial charge in [-0.3, -0.25) is 0 Å². The van der Waals surface area contributed by atoms with Crippen LogP contribution in [0.25, 0.3) is 6.08 Å². The molecule has 0 atom stereocenters. The van der Waals surface area contributed by atoms with Crippen LogP contribution in [0.2, 0.25) is 0 Å². The van der Waals surface area contributed by atoms with Gasteiger partial charge in [0.15, 0.2) is 0 Å². The highest BCUT2D eigenvalue weighted by molar-refractivity contribution is 5.65. The molecule has 0 N–H and O–H groups in total. The fourth-order valence-corrected chi connectivity index (χ4v) is 1.49. The van der Waals surface area contributed by atoms with Crippen LogP contribution < -0.4 is 9.64 Å². The zero-order chi connectivity index (χ0) is 9.26. The van der Waals surface area contributed by atoms with Gasteiger partial charge in [0.25, 0.3) is 0 Å². The number of fused-ring (bicyclic) bond motifs is 1. The van der Waals surface area contributed by atoms with Crippen LogP contribution in [0, 0.1) is 0 Å². The minimum atomic E-state index is 0.775. The SMILES string of the molecule is C=Cc1ccc2c(c1)N(C)CCO2. The van der Waals surface area contributed by atoms with Gasteiger partial charge in [0.2, 0.25) is 0 Å². The number of hydrogen-bond acceptors (Lipinski definition) is 2. The number of likely N-dealkylation sites (N-methyl/N-ethyl adjacent to an activating group) is 1. The molecule has 2 rings (SSSR count). The molecule has 0 aliphatic carbocycles. The Labute approximate surface area is 78.4 Å². The van der Waals surface area contributed by atoms with Crippen LogP contribution in [0.1, 0.15) is 5.56 Å². The van der Waals surface area contributed by atoms with E-state index >= 15 is 0 Å². The highest BCUT2D eigenvalue weighted by Gasteiger charge is 2.13. The summed E-state index contributed by atoms with van der Waals surface area (Å²) in [5.74, 6) is 0.972. The van der Waals surface area contributed by atoms with Gasteiger partial charge in [-0.1, -0.05) is 18.7 Å². The standard InChI is InChI=1S/C11H13NO/c1-3-9-4-5-11-10(8-9)12(2)6-7-13-11/h3-5,8H,1,6-7H2,2H3. The Bertz CT molecular complexity index is 333. The minimum Gasteiger partial charge on any atom is -0.490 e. The van der Waals surface area contributed by atoms with Gasteiger partial charge in [-0.2, -0.15) is 0 Å². The molecule has 1 aromatic rings. The average Bonchev–Trinajstić information content (AvgIpc) is 2.18. The second kappa shape index (κ2) is 3.13. The molecule has 0 radical (unpaired) electrons. The van der Waals surface area contributed by atoms with Gasteiger partial charge in [-0.05, 0) is 17.7 Å². The predicted octanol–water partition coefficient (Wildman–Crippen LogP) is 2.16. The predicted molar refractivity (Wildman–Crippen MR) is 55.3 cm³/mol. The Balaban J connectivity index is 2.46. The van der Waals surface area contributed by atoms with Crippen molar-refractivity contribution >= 4 is 11.8 Å². The van der Waals surface area contributed by atoms with Crippen LogP contribution in [0.4, 0.5) is 5.69 Å². The maximum Gasteiger partial charge on any atom is 0.142 e. The maximum atomic E-state index is 5.52. The third-order valence-corrected chi connectivity index (χ3v) is 2.31. The van der Waals surface area contributed by atoms with Crippen molar-refractivity contribution in [1.82, 2.24) is 0 Å². The maximum absolute atomic E-state index is 5.52. The van der Waals surface area contributed by atoms with Gasteiger partial charge < -0.3 is 9.64 Å².